The molecule has 0 radical (unpaired) electrons. The van der Waals surface area contributed by atoms with Crippen LogP contribution in [0, 0.1) is 0 Å². The van der Waals surface area contributed by atoms with Crippen LogP contribution in [-0.4, -0.2) is 28.7 Å². The second-order valence-electron chi connectivity index (χ2n) is 4.26. The number of hydrogen-bond donors (Lipinski definition) is 3. The van der Waals surface area contributed by atoms with E-state index in [9.17, 15) is 4.79 Å². The minimum absolute atomic E-state index is 0.00924. The molecule has 1 saturated heterocycles. The van der Waals surface area contributed by atoms with Gasteiger partial charge in [0, 0.05) is 11.8 Å². The first kappa shape index (κ1) is 11.1. The minimum atomic E-state index is -0.0249. The normalized spacial score (nSPS) is 22.7. The summed E-state index contributed by atoms with van der Waals surface area (Å²) in [6.45, 7) is 2.91. The summed E-state index contributed by atoms with van der Waals surface area (Å²) in [6, 6.07) is -0.0157. The van der Waals surface area contributed by atoms with Crippen molar-refractivity contribution in [3.05, 3.63) is 18.0 Å². The van der Waals surface area contributed by atoms with Gasteiger partial charge in [-0.1, -0.05) is 6.42 Å². The van der Waals surface area contributed by atoms with Gasteiger partial charge < -0.3 is 10.6 Å². The van der Waals surface area contributed by atoms with E-state index in [-0.39, 0.29) is 18.0 Å². The third kappa shape index (κ3) is 2.61. The molecule has 0 aliphatic carbocycles. The predicted molar refractivity (Wildman–Crippen MR) is 60.8 cm³/mol. The van der Waals surface area contributed by atoms with Gasteiger partial charge in [0.15, 0.2) is 0 Å². The van der Waals surface area contributed by atoms with Crippen molar-refractivity contribution in [3.63, 3.8) is 0 Å². The molecule has 1 aliphatic heterocycles. The molecule has 2 unspecified atom stereocenters. The molecule has 5 nitrogen and oxygen atoms in total. The van der Waals surface area contributed by atoms with Crippen LogP contribution in [0.15, 0.2) is 12.4 Å². The number of carbonyl (C=O) groups is 1. The molecule has 0 bridgehead atoms. The SMILES string of the molecule is CC(NC(=O)C1CCCCN1)c1cn[nH]c1. The van der Waals surface area contributed by atoms with Crippen molar-refractivity contribution in [2.24, 2.45) is 0 Å². The average Bonchev–Trinajstić information content (AvgIpc) is 2.83. The zero-order valence-electron chi connectivity index (χ0n) is 9.49. The van der Waals surface area contributed by atoms with Crippen LogP contribution in [0.25, 0.3) is 0 Å². The lowest BCUT2D eigenvalue weighted by Gasteiger charge is -2.24. The molecule has 88 valence electrons. The first-order valence-corrected chi connectivity index (χ1v) is 5.80. The minimum Gasteiger partial charge on any atom is -0.348 e. The quantitative estimate of drug-likeness (QED) is 0.706. The molecule has 2 atom stereocenters. The fourth-order valence-electron chi connectivity index (χ4n) is 1.97. The third-order valence-electron chi connectivity index (χ3n) is 3.00. The number of piperidine rings is 1. The van der Waals surface area contributed by atoms with Crippen LogP contribution in [0.2, 0.25) is 0 Å². The summed E-state index contributed by atoms with van der Waals surface area (Å²) in [4.78, 5) is 11.9. The lowest BCUT2D eigenvalue weighted by Crippen LogP contribution is -2.47. The Kier molecular flexibility index (Phi) is 3.56. The summed E-state index contributed by atoms with van der Waals surface area (Å²) < 4.78 is 0. The van der Waals surface area contributed by atoms with Crippen LogP contribution in [0.4, 0.5) is 0 Å². The number of H-pyrrole nitrogens is 1. The first-order chi connectivity index (χ1) is 7.77. The highest BCUT2D eigenvalue weighted by Gasteiger charge is 2.22. The molecule has 5 heteroatoms. The Balaban J connectivity index is 1.86. The maximum Gasteiger partial charge on any atom is 0.237 e. The molecule has 16 heavy (non-hydrogen) atoms. The van der Waals surface area contributed by atoms with Crippen molar-refractivity contribution in [2.45, 2.75) is 38.3 Å². The second-order valence-corrected chi connectivity index (χ2v) is 4.26. The molecule has 2 heterocycles. The number of nitrogens with one attached hydrogen (secondary N) is 3. The fraction of sp³-hybridized carbons (Fsp3) is 0.636. The van der Waals surface area contributed by atoms with Gasteiger partial charge in [0.25, 0.3) is 0 Å². The van der Waals surface area contributed by atoms with Crippen LogP contribution >= 0.6 is 0 Å². The number of carbonyl (C=O) groups excluding carboxylic acids is 1. The van der Waals surface area contributed by atoms with Gasteiger partial charge in [-0.05, 0) is 26.3 Å². The summed E-state index contributed by atoms with van der Waals surface area (Å²) in [7, 11) is 0. The second kappa shape index (κ2) is 5.12. The van der Waals surface area contributed by atoms with Crippen molar-refractivity contribution in [3.8, 4) is 0 Å². The van der Waals surface area contributed by atoms with Gasteiger partial charge in [0.05, 0.1) is 18.3 Å². The lowest BCUT2D eigenvalue weighted by molar-refractivity contribution is -0.124. The van der Waals surface area contributed by atoms with Gasteiger partial charge in [-0.2, -0.15) is 5.10 Å². The number of aromatic amines is 1. The van der Waals surface area contributed by atoms with Gasteiger partial charge in [0.2, 0.25) is 5.91 Å². The largest absolute Gasteiger partial charge is 0.348 e. The first-order valence-electron chi connectivity index (χ1n) is 5.80. The molecule has 1 aliphatic rings. The van der Waals surface area contributed by atoms with E-state index in [4.69, 9.17) is 0 Å². The number of amides is 1. The molecule has 1 aromatic rings. The molecule has 0 aromatic carbocycles. The van der Waals surface area contributed by atoms with E-state index >= 15 is 0 Å². The van der Waals surface area contributed by atoms with Crippen LogP contribution in [-0.2, 0) is 4.79 Å². The number of hydrogen-bond acceptors (Lipinski definition) is 3. The Hall–Kier alpha value is -1.36. The summed E-state index contributed by atoms with van der Waals surface area (Å²) in [5.74, 6) is 0.0911. The summed E-state index contributed by atoms with van der Waals surface area (Å²) in [6.07, 6.45) is 6.77. The predicted octanol–water partition coefficient (Wildman–Crippen LogP) is 0.729. The fourth-order valence-corrected chi connectivity index (χ4v) is 1.97. The highest BCUT2D eigenvalue weighted by Crippen LogP contribution is 2.12. The highest BCUT2D eigenvalue weighted by molar-refractivity contribution is 5.82. The van der Waals surface area contributed by atoms with Crippen LogP contribution in [0.1, 0.15) is 37.8 Å². The van der Waals surface area contributed by atoms with Crippen molar-refractivity contribution in [1.29, 1.82) is 0 Å². The summed E-state index contributed by atoms with van der Waals surface area (Å²) >= 11 is 0. The average molecular weight is 222 g/mol. The smallest absolute Gasteiger partial charge is 0.237 e. The molecule has 2 rings (SSSR count). The van der Waals surface area contributed by atoms with Gasteiger partial charge in [0.1, 0.15) is 0 Å². The Morgan fingerprint density at radius 1 is 1.62 bits per heavy atom. The van der Waals surface area contributed by atoms with Gasteiger partial charge in [-0.3, -0.25) is 9.89 Å². The van der Waals surface area contributed by atoms with Crippen molar-refractivity contribution in [2.75, 3.05) is 6.54 Å². The highest BCUT2D eigenvalue weighted by atomic mass is 16.2. The molecule has 1 aromatic heterocycles. The number of aromatic nitrogens is 2. The number of rotatable bonds is 3. The van der Waals surface area contributed by atoms with Gasteiger partial charge >= 0.3 is 0 Å². The molecule has 1 fully saturated rings. The Morgan fingerprint density at radius 2 is 2.50 bits per heavy atom. The van der Waals surface area contributed by atoms with Gasteiger partial charge in [-0.15, -0.1) is 0 Å². The Morgan fingerprint density at radius 3 is 3.12 bits per heavy atom. The Labute approximate surface area is 95.0 Å². The monoisotopic (exact) mass is 222 g/mol. The van der Waals surface area contributed by atoms with Crippen molar-refractivity contribution >= 4 is 5.91 Å². The Bertz CT molecular complexity index is 330. The molecular formula is C11H18N4O. The number of nitrogens with zero attached hydrogens (tertiary/aromatic N) is 1. The standard InChI is InChI=1S/C11H18N4O/c1-8(9-6-13-14-7-9)15-11(16)10-4-2-3-5-12-10/h6-8,10,12H,2-5H2,1H3,(H,13,14)(H,15,16). The van der Waals surface area contributed by atoms with Crippen molar-refractivity contribution < 1.29 is 4.79 Å². The topological polar surface area (TPSA) is 69.8 Å². The maximum absolute atomic E-state index is 11.9. The zero-order chi connectivity index (χ0) is 11.4. The molecule has 0 saturated carbocycles. The van der Waals surface area contributed by atoms with E-state index in [1.54, 1.807) is 12.4 Å². The van der Waals surface area contributed by atoms with E-state index in [2.05, 4.69) is 20.8 Å². The van der Waals surface area contributed by atoms with E-state index < -0.39 is 0 Å². The zero-order valence-corrected chi connectivity index (χ0v) is 9.49. The van der Waals surface area contributed by atoms with E-state index in [0.717, 1.165) is 24.9 Å². The lowest BCUT2D eigenvalue weighted by atomic mass is 10.0. The molecule has 1 amide bonds. The van der Waals surface area contributed by atoms with Gasteiger partial charge in [-0.25, -0.2) is 0 Å². The maximum atomic E-state index is 11.9. The molecule has 3 N–H and O–H groups in total. The van der Waals surface area contributed by atoms with Crippen molar-refractivity contribution in [1.82, 2.24) is 20.8 Å². The van der Waals surface area contributed by atoms with Crippen LogP contribution in [0.5, 0.6) is 0 Å². The van der Waals surface area contributed by atoms with E-state index in [1.165, 1.54) is 6.42 Å². The van der Waals surface area contributed by atoms with E-state index in [0.29, 0.717) is 0 Å². The summed E-state index contributed by atoms with van der Waals surface area (Å²) in [5.41, 5.74) is 1.00. The van der Waals surface area contributed by atoms with Crippen LogP contribution < -0.4 is 10.6 Å². The molecule has 0 spiro atoms. The van der Waals surface area contributed by atoms with Crippen LogP contribution in [0.3, 0.4) is 0 Å². The summed E-state index contributed by atoms with van der Waals surface area (Å²) in [5, 5.41) is 12.8. The van der Waals surface area contributed by atoms with E-state index in [1.807, 2.05) is 6.92 Å². The molecular weight excluding hydrogens is 204 g/mol. The third-order valence-corrected chi connectivity index (χ3v) is 3.00.